The highest BCUT2D eigenvalue weighted by Gasteiger charge is 2.20. The van der Waals surface area contributed by atoms with Gasteiger partial charge in [-0.1, -0.05) is 26.2 Å². The molecule has 1 aliphatic rings. The van der Waals surface area contributed by atoms with Gasteiger partial charge in [0.2, 0.25) is 0 Å². The molecule has 1 saturated carbocycles. The van der Waals surface area contributed by atoms with Crippen LogP contribution in [0.5, 0.6) is 0 Å². The van der Waals surface area contributed by atoms with Gasteiger partial charge in [-0.3, -0.25) is 0 Å². The van der Waals surface area contributed by atoms with Crippen LogP contribution in [0.15, 0.2) is 12.3 Å². The Hall–Kier alpha value is -1.09. The molecule has 2 heterocycles. The third kappa shape index (κ3) is 3.08. The summed E-state index contributed by atoms with van der Waals surface area (Å²) in [6, 6.07) is 2.01. The Morgan fingerprint density at radius 2 is 2.24 bits per heavy atom. The highest BCUT2D eigenvalue weighted by atomic mass is 35.5. The molecular weight excluding hydrogens is 282 g/mol. The van der Waals surface area contributed by atoms with Gasteiger partial charge in [0, 0.05) is 12.7 Å². The van der Waals surface area contributed by atoms with Crippen molar-refractivity contribution >= 4 is 22.8 Å². The first kappa shape index (κ1) is 14.8. The third-order valence-corrected chi connectivity index (χ3v) is 5.08. The molecule has 1 aliphatic carbocycles. The van der Waals surface area contributed by atoms with Crippen LogP contribution in [0.4, 0.5) is 0 Å². The van der Waals surface area contributed by atoms with E-state index in [1.165, 1.54) is 37.7 Å². The minimum absolute atomic E-state index is 0.455. The Bertz CT molecular complexity index is 620. The number of aryl methyl sites for hydroxylation is 2. The van der Waals surface area contributed by atoms with Crippen LogP contribution < -0.4 is 0 Å². The fourth-order valence-corrected chi connectivity index (χ4v) is 3.86. The second-order valence-electron chi connectivity index (χ2n) is 6.54. The minimum atomic E-state index is 0.455. The molecule has 21 heavy (non-hydrogen) atoms. The number of nitrogens with zero attached hydrogens (tertiary/aromatic N) is 3. The zero-order valence-corrected chi connectivity index (χ0v) is 13.7. The lowest BCUT2D eigenvalue weighted by molar-refractivity contribution is 0.261. The molecule has 0 N–H and O–H groups in total. The number of hydrogen-bond donors (Lipinski definition) is 0. The van der Waals surface area contributed by atoms with E-state index in [9.17, 15) is 0 Å². The van der Waals surface area contributed by atoms with E-state index in [-0.39, 0.29) is 0 Å². The molecule has 4 heteroatoms. The van der Waals surface area contributed by atoms with Crippen LogP contribution >= 0.6 is 11.6 Å². The third-order valence-electron chi connectivity index (χ3n) is 4.84. The van der Waals surface area contributed by atoms with Gasteiger partial charge in [0.15, 0.2) is 5.65 Å². The van der Waals surface area contributed by atoms with Gasteiger partial charge in [0.25, 0.3) is 0 Å². The summed E-state index contributed by atoms with van der Waals surface area (Å²) in [5.41, 5.74) is 3.18. The van der Waals surface area contributed by atoms with Crippen LogP contribution in [0.25, 0.3) is 11.2 Å². The zero-order valence-electron chi connectivity index (χ0n) is 13.0. The van der Waals surface area contributed by atoms with Crippen molar-refractivity contribution in [3.05, 3.63) is 23.7 Å². The normalized spacial score (nSPS) is 22.8. The average Bonchev–Trinajstić information content (AvgIpc) is 2.84. The van der Waals surface area contributed by atoms with Crippen LogP contribution in [-0.4, -0.2) is 14.5 Å². The summed E-state index contributed by atoms with van der Waals surface area (Å²) < 4.78 is 2.23. The van der Waals surface area contributed by atoms with Gasteiger partial charge in [0.05, 0.1) is 5.88 Å². The van der Waals surface area contributed by atoms with Crippen molar-refractivity contribution in [3.63, 3.8) is 0 Å². The van der Waals surface area contributed by atoms with Gasteiger partial charge < -0.3 is 4.57 Å². The van der Waals surface area contributed by atoms with Crippen molar-refractivity contribution in [2.24, 2.45) is 11.8 Å². The molecule has 0 radical (unpaired) electrons. The quantitative estimate of drug-likeness (QED) is 0.767. The lowest BCUT2D eigenvalue weighted by Crippen LogP contribution is -2.16. The number of aromatic nitrogens is 3. The predicted octanol–water partition coefficient (Wildman–Crippen LogP) is 4.69. The van der Waals surface area contributed by atoms with Gasteiger partial charge in [-0.2, -0.15) is 0 Å². The zero-order chi connectivity index (χ0) is 14.8. The maximum absolute atomic E-state index is 6.09. The maximum Gasteiger partial charge on any atom is 0.160 e. The van der Waals surface area contributed by atoms with Gasteiger partial charge >= 0.3 is 0 Å². The van der Waals surface area contributed by atoms with Crippen LogP contribution in [0.3, 0.4) is 0 Å². The van der Waals surface area contributed by atoms with Crippen molar-refractivity contribution in [2.75, 3.05) is 0 Å². The number of imidazole rings is 1. The first-order valence-electron chi connectivity index (χ1n) is 8.05. The fraction of sp³-hybridized carbons (Fsp3) is 0.647. The Morgan fingerprint density at radius 1 is 1.38 bits per heavy atom. The molecule has 0 spiro atoms. The SMILES string of the molecule is Cc1ccnc2c1nc(CCl)n2CCC1CCCC(C)C1. The molecule has 3 rings (SSSR count). The molecule has 0 aliphatic heterocycles. The van der Waals surface area contributed by atoms with Crippen LogP contribution in [0, 0.1) is 18.8 Å². The summed E-state index contributed by atoms with van der Waals surface area (Å²) >= 11 is 6.09. The molecule has 0 bridgehead atoms. The van der Waals surface area contributed by atoms with E-state index in [2.05, 4.69) is 28.4 Å². The summed E-state index contributed by atoms with van der Waals surface area (Å²) in [5.74, 6) is 3.14. The first-order chi connectivity index (χ1) is 10.2. The van der Waals surface area contributed by atoms with Crippen molar-refractivity contribution in [1.82, 2.24) is 14.5 Å². The molecule has 2 atom stereocenters. The summed E-state index contributed by atoms with van der Waals surface area (Å²) in [4.78, 5) is 9.21. The van der Waals surface area contributed by atoms with Crippen molar-refractivity contribution < 1.29 is 0 Å². The van der Waals surface area contributed by atoms with Crippen molar-refractivity contribution in [3.8, 4) is 0 Å². The van der Waals surface area contributed by atoms with E-state index in [0.29, 0.717) is 5.88 Å². The Balaban J connectivity index is 1.81. The van der Waals surface area contributed by atoms with E-state index in [0.717, 1.165) is 35.4 Å². The monoisotopic (exact) mass is 305 g/mol. The number of fused-ring (bicyclic) bond motifs is 1. The molecule has 0 saturated heterocycles. The van der Waals surface area contributed by atoms with Gasteiger partial charge in [-0.25, -0.2) is 9.97 Å². The van der Waals surface area contributed by atoms with E-state index in [4.69, 9.17) is 11.6 Å². The van der Waals surface area contributed by atoms with E-state index < -0.39 is 0 Å². The number of alkyl halides is 1. The fourth-order valence-electron chi connectivity index (χ4n) is 3.65. The second-order valence-corrected chi connectivity index (χ2v) is 6.81. The van der Waals surface area contributed by atoms with Crippen molar-refractivity contribution in [1.29, 1.82) is 0 Å². The average molecular weight is 306 g/mol. The van der Waals surface area contributed by atoms with Crippen molar-refractivity contribution in [2.45, 2.75) is 58.4 Å². The molecular formula is C17H24ClN3. The Kier molecular flexibility index (Phi) is 4.48. The number of hydrogen-bond acceptors (Lipinski definition) is 2. The molecule has 1 fully saturated rings. The number of rotatable bonds is 4. The number of halogens is 1. The summed E-state index contributed by atoms with van der Waals surface area (Å²) in [7, 11) is 0. The molecule has 3 nitrogen and oxygen atoms in total. The summed E-state index contributed by atoms with van der Waals surface area (Å²) in [5, 5.41) is 0. The summed E-state index contributed by atoms with van der Waals surface area (Å²) in [6.07, 6.45) is 8.62. The van der Waals surface area contributed by atoms with Gasteiger partial charge in [-0.15, -0.1) is 11.6 Å². The number of pyridine rings is 1. The van der Waals surface area contributed by atoms with Gasteiger partial charge in [0.1, 0.15) is 11.3 Å². The highest BCUT2D eigenvalue weighted by molar-refractivity contribution is 6.16. The van der Waals surface area contributed by atoms with E-state index in [1.807, 2.05) is 12.3 Å². The van der Waals surface area contributed by atoms with Gasteiger partial charge in [-0.05, 0) is 43.2 Å². The molecule has 0 aromatic carbocycles. The van der Waals surface area contributed by atoms with E-state index in [1.54, 1.807) is 0 Å². The molecule has 114 valence electrons. The highest BCUT2D eigenvalue weighted by Crippen LogP contribution is 2.31. The van der Waals surface area contributed by atoms with Crippen LogP contribution in [-0.2, 0) is 12.4 Å². The maximum atomic E-state index is 6.09. The lowest BCUT2D eigenvalue weighted by atomic mass is 9.81. The smallest absolute Gasteiger partial charge is 0.160 e. The lowest BCUT2D eigenvalue weighted by Gasteiger charge is -2.26. The van der Waals surface area contributed by atoms with E-state index >= 15 is 0 Å². The molecule has 0 amide bonds. The minimum Gasteiger partial charge on any atom is -0.312 e. The topological polar surface area (TPSA) is 30.7 Å². The Labute approximate surface area is 131 Å². The summed E-state index contributed by atoms with van der Waals surface area (Å²) in [6.45, 7) is 5.46. The van der Waals surface area contributed by atoms with Crippen LogP contribution in [0.1, 0.15) is 50.4 Å². The molecule has 2 aromatic heterocycles. The first-order valence-corrected chi connectivity index (χ1v) is 8.59. The predicted molar refractivity (Wildman–Crippen MR) is 87.6 cm³/mol. The second kappa shape index (κ2) is 6.35. The Morgan fingerprint density at radius 3 is 3.00 bits per heavy atom. The van der Waals surface area contributed by atoms with Crippen LogP contribution in [0.2, 0.25) is 0 Å². The standard InChI is InChI=1S/C17H24ClN3/c1-12-4-3-5-14(10-12)7-9-21-15(11-18)20-16-13(2)6-8-19-17(16)21/h6,8,12,14H,3-5,7,9-11H2,1-2H3. The molecule has 2 aromatic rings. The molecule has 2 unspecified atom stereocenters. The largest absolute Gasteiger partial charge is 0.312 e.